The number of ether oxygens (including phenoxy) is 2. The second kappa shape index (κ2) is 8.85. The molecular formula is C29H21NO6. The number of furan rings is 1. The Bertz CT molecular complexity index is 1710. The second-order valence-electron chi connectivity index (χ2n) is 8.55. The van der Waals surface area contributed by atoms with E-state index in [4.69, 9.17) is 23.3 Å². The molecule has 3 aromatic heterocycles. The molecule has 0 bridgehead atoms. The van der Waals surface area contributed by atoms with Crippen molar-refractivity contribution in [1.29, 1.82) is 0 Å². The van der Waals surface area contributed by atoms with Gasteiger partial charge in [-0.25, -0.2) is 14.6 Å². The molecule has 2 aromatic carbocycles. The fourth-order valence-electron chi connectivity index (χ4n) is 4.73. The molecule has 0 amide bonds. The molecule has 0 N–H and O–H groups in total. The Labute approximate surface area is 205 Å². The first kappa shape index (κ1) is 21.9. The number of hydrogen-bond donors (Lipinski definition) is 0. The van der Waals surface area contributed by atoms with Crippen molar-refractivity contribution < 1.29 is 23.1 Å². The van der Waals surface area contributed by atoms with E-state index in [-0.39, 0.29) is 6.61 Å². The van der Waals surface area contributed by atoms with Crippen LogP contribution in [0.3, 0.4) is 0 Å². The molecule has 3 heterocycles. The van der Waals surface area contributed by atoms with Crippen LogP contribution >= 0.6 is 0 Å². The van der Waals surface area contributed by atoms with Crippen LogP contribution in [0.15, 0.2) is 80.6 Å². The van der Waals surface area contributed by atoms with Crippen LogP contribution in [0.2, 0.25) is 0 Å². The van der Waals surface area contributed by atoms with Crippen LogP contribution in [-0.2, 0) is 17.8 Å². The van der Waals surface area contributed by atoms with Gasteiger partial charge in [0.05, 0.1) is 30.1 Å². The Morgan fingerprint density at radius 3 is 2.78 bits per heavy atom. The minimum Gasteiger partial charge on any atom is -0.497 e. The summed E-state index contributed by atoms with van der Waals surface area (Å²) in [6.07, 6.45) is 5.00. The maximum Gasteiger partial charge on any atom is 0.339 e. The maximum atomic E-state index is 13.5. The summed E-state index contributed by atoms with van der Waals surface area (Å²) in [5, 5.41) is 1.42. The first-order chi connectivity index (χ1) is 17.6. The zero-order valence-corrected chi connectivity index (χ0v) is 19.4. The smallest absolute Gasteiger partial charge is 0.339 e. The fourth-order valence-corrected chi connectivity index (χ4v) is 4.73. The van der Waals surface area contributed by atoms with E-state index in [0.717, 1.165) is 34.4 Å². The van der Waals surface area contributed by atoms with Gasteiger partial charge in [-0.05, 0) is 60.4 Å². The monoisotopic (exact) mass is 479 g/mol. The van der Waals surface area contributed by atoms with Gasteiger partial charge in [0.15, 0.2) is 0 Å². The Balaban J connectivity index is 1.39. The van der Waals surface area contributed by atoms with Crippen LogP contribution in [0.1, 0.15) is 39.4 Å². The van der Waals surface area contributed by atoms with E-state index in [2.05, 4.69) is 0 Å². The third-order valence-corrected chi connectivity index (χ3v) is 6.40. The van der Waals surface area contributed by atoms with Crippen molar-refractivity contribution in [2.45, 2.75) is 19.4 Å². The number of esters is 1. The molecule has 0 saturated heterocycles. The minimum absolute atomic E-state index is 0.0756. The quantitative estimate of drug-likeness (QED) is 0.233. The van der Waals surface area contributed by atoms with Gasteiger partial charge in [-0.3, -0.25) is 0 Å². The van der Waals surface area contributed by atoms with Crippen molar-refractivity contribution in [1.82, 2.24) is 4.98 Å². The number of nitrogens with zero attached hydrogens (tertiary/aromatic N) is 1. The maximum absolute atomic E-state index is 13.5. The number of benzene rings is 2. The standard InChI is InChI=1S/C29H21NO6/c1-33-19-9-11-21-18(14-26(31)36-25(21)15-19)16-35-29(32)27-22-6-2-3-7-24(22)30-28-17(8-10-23(27)28)13-20-5-4-12-34-20/h2-7,9,11-15H,8,10,16H2,1H3/b17-13-. The van der Waals surface area contributed by atoms with Crippen LogP contribution in [-0.4, -0.2) is 18.1 Å². The SMILES string of the molecule is COc1ccc2c(COC(=O)c3c4c(nc5ccccc35)/C(=C\c3ccco3)CC4)cc(=O)oc2c1. The lowest BCUT2D eigenvalue weighted by atomic mass is 10.0. The number of pyridine rings is 1. The summed E-state index contributed by atoms with van der Waals surface area (Å²) < 4.78 is 21.8. The third kappa shape index (κ3) is 3.84. The van der Waals surface area contributed by atoms with Crippen LogP contribution in [0, 0.1) is 0 Å². The summed E-state index contributed by atoms with van der Waals surface area (Å²) in [7, 11) is 1.54. The second-order valence-corrected chi connectivity index (χ2v) is 8.55. The van der Waals surface area contributed by atoms with Gasteiger partial charge in [-0.15, -0.1) is 0 Å². The zero-order chi connectivity index (χ0) is 24.6. The highest BCUT2D eigenvalue weighted by atomic mass is 16.5. The Kier molecular flexibility index (Phi) is 5.37. The summed E-state index contributed by atoms with van der Waals surface area (Å²) in [6.45, 7) is -0.0756. The highest BCUT2D eigenvalue weighted by molar-refractivity contribution is 6.07. The molecule has 0 unspecified atom stereocenters. The topological polar surface area (TPSA) is 91.8 Å². The van der Waals surface area contributed by atoms with Gasteiger partial charge in [-0.2, -0.15) is 0 Å². The number of aromatic nitrogens is 1. The molecule has 178 valence electrons. The molecule has 7 heteroatoms. The predicted octanol–water partition coefficient (Wildman–Crippen LogP) is 5.79. The summed E-state index contributed by atoms with van der Waals surface area (Å²) in [5.74, 6) is 0.847. The van der Waals surface area contributed by atoms with Crippen molar-refractivity contribution >= 4 is 39.5 Å². The predicted molar refractivity (Wildman–Crippen MR) is 135 cm³/mol. The van der Waals surface area contributed by atoms with Gasteiger partial charge in [0.25, 0.3) is 0 Å². The Hall–Kier alpha value is -4.65. The number of carbonyl (C=O) groups excluding carboxylic acids is 1. The lowest BCUT2D eigenvalue weighted by Crippen LogP contribution is -2.11. The number of methoxy groups -OCH3 is 1. The summed E-state index contributed by atoms with van der Waals surface area (Å²) >= 11 is 0. The molecule has 7 nitrogen and oxygen atoms in total. The van der Waals surface area contributed by atoms with Crippen molar-refractivity contribution in [2.75, 3.05) is 7.11 Å². The van der Waals surface area contributed by atoms with Gasteiger partial charge in [0, 0.05) is 28.5 Å². The highest BCUT2D eigenvalue weighted by Crippen LogP contribution is 2.38. The largest absolute Gasteiger partial charge is 0.497 e. The molecule has 36 heavy (non-hydrogen) atoms. The van der Waals surface area contributed by atoms with Gasteiger partial charge < -0.3 is 18.3 Å². The van der Waals surface area contributed by atoms with Crippen molar-refractivity contribution in [3.05, 3.63) is 105 Å². The van der Waals surface area contributed by atoms with E-state index in [1.54, 1.807) is 24.5 Å². The molecule has 0 saturated carbocycles. The lowest BCUT2D eigenvalue weighted by molar-refractivity contribution is 0.0475. The molecule has 0 atom stereocenters. The molecule has 0 radical (unpaired) electrons. The fraction of sp³-hybridized carbons (Fsp3) is 0.138. The molecule has 5 aromatic rings. The molecule has 1 aliphatic rings. The van der Waals surface area contributed by atoms with E-state index in [0.29, 0.717) is 39.8 Å². The van der Waals surface area contributed by atoms with E-state index >= 15 is 0 Å². The average molecular weight is 479 g/mol. The average Bonchev–Trinajstić information content (AvgIpc) is 3.55. The Morgan fingerprint density at radius 2 is 1.94 bits per heavy atom. The molecule has 0 aliphatic heterocycles. The first-order valence-electron chi connectivity index (χ1n) is 11.5. The van der Waals surface area contributed by atoms with Crippen LogP contribution < -0.4 is 10.4 Å². The van der Waals surface area contributed by atoms with Gasteiger partial charge in [0.2, 0.25) is 0 Å². The number of carbonyl (C=O) groups is 1. The third-order valence-electron chi connectivity index (χ3n) is 6.40. The van der Waals surface area contributed by atoms with Gasteiger partial charge >= 0.3 is 11.6 Å². The van der Waals surface area contributed by atoms with E-state index in [9.17, 15) is 9.59 Å². The number of fused-ring (bicyclic) bond motifs is 3. The van der Waals surface area contributed by atoms with Gasteiger partial charge in [0.1, 0.15) is 23.7 Å². The molecular weight excluding hydrogens is 458 g/mol. The molecule has 0 fully saturated rings. The molecule has 6 rings (SSSR count). The van der Waals surface area contributed by atoms with E-state index < -0.39 is 11.6 Å². The molecule has 1 aliphatic carbocycles. The zero-order valence-electron chi connectivity index (χ0n) is 19.4. The summed E-state index contributed by atoms with van der Waals surface area (Å²) in [6, 6.07) is 17.8. The Morgan fingerprint density at radius 1 is 1.06 bits per heavy atom. The van der Waals surface area contributed by atoms with Crippen LogP contribution in [0.4, 0.5) is 0 Å². The van der Waals surface area contributed by atoms with Crippen molar-refractivity contribution in [2.24, 2.45) is 0 Å². The first-order valence-corrected chi connectivity index (χ1v) is 11.5. The van der Waals surface area contributed by atoms with E-state index in [1.807, 2.05) is 42.5 Å². The summed E-state index contributed by atoms with van der Waals surface area (Å²) in [5.41, 5.74) is 4.29. The van der Waals surface area contributed by atoms with Crippen LogP contribution in [0.5, 0.6) is 5.75 Å². The minimum atomic E-state index is -0.523. The number of hydrogen-bond acceptors (Lipinski definition) is 7. The number of rotatable bonds is 5. The molecule has 0 spiro atoms. The normalized spacial score (nSPS) is 13.9. The summed E-state index contributed by atoms with van der Waals surface area (Å²) in [4.78, 5) is 30.5. The number of para-hydroxylation sites is 1. The van der Waals surface area contributed by atoms with Crippen molar-refractivity contribution in [3.8, 4) is 5.75 Å². The van der Waals surface area contributed by atoms with Gasteiger partial charge in [-0.1, -0.05) is 18.2 Å². The lowest BCUT2D eigenvalue weighted by Gasteiger charge is -2.13. The number of allylic oxidation sites excluding steroid dienone is 1. The highest BCUT2D eigenvalue weighted by Gasteiger charge is 2.28. The van der Waals surface area contributed by atoms with Crippen molar-refractivity contribution in [3.63, 3.8) is 0 Å². The van der Waals surface area contributed by atoms with E-state index in [1.165, 1.54) is 13.2 Å². The van der Waals surface area contributed by atoms with Crippen LogP contribution in [0.25, 0.3) is 33.5 Å².